The summed E-state index contributed by atoms with van der Waals surface area (Å²) in [5.41, 5.74) is 3.65. The first kappa shape index (κ1) is 29.2. The summed E-state index contributed by atoms with van der Waals surface area (Å²) in [6, 6.07) is 10.4. The highest BCUT2D eigenvalue weighted by atomic mass is 35.5. The summed E-state index contributed by atoms with van der Waals surface area (Å²) in [4.78, 5) is 22.4. The van der Waals surface area contributed by atoms with Crippen LogP contribution in [0, 0.1) is 13.8 Å². The van der Waals surface area contributed by atoms with E-state index in [2.05, 4.69) is 24.8 Å². The highest BCUT2D eigenvalue weighted by Crippen LogP contribution is 2.33. The molecule has 3 rings (SSSR count). The van der Waals surface area contributed by atoms with Gasteiger partial charge in [0.15, 0.2) is 5.13 Å². The number of hydrogen-bond donors (Lipinski definition) is 0. The summed E-state index contributed by atoms with van der Waals surface area (Å²) in [5, 5.41) is 0.660. The van der Waals surface area contributed by atoms with Crippen LogP contribution in [0.25, 0.3) is 10.2 Å². The smallest absolute Gasteiger partial charge is 0.260 e. The molecule has 10 heteroatoms. The van der Waals surface area contributed by atoms with E-state index >= 15 is 0 Å². The normalized spacial score (nSPS) is 11.8. The Balaban J connectivity index is 0.00000432. The molecule has 0 spiro atoms. The average Bonchev–Trinajstić information content (AvgIpc) is 3.24. The fourth-order valence-electron chi connectivity index (χ4n) is 3.80. The molecule has 0 aliphatic carbocycles. The van der Waals surface area contributed by atoms with Gasteiger partial charge in [0, 0.05) is 25.2 Å². The van der Waals surface area contributed by atoms with Crippen LogP contribution in [0.3, 0.4) is 0 Å². The lowest BCUT2D eigenvalue weighted by atomic mass is 10.1. The van der Waals surface area contributed by atoms with Crippen LogP contribution in [0.2, 0.25) is 0 Å². The van der Waals surface area contributed by atoms with Crippen molar-refractivity contribution in [2.24, 2.45) is 0 Å². The van der Waals surface area contributed by atoms with Gasteiger partial charge < -0.3 is 4.90 Å². The molecule has 35 heavy (non-hydrogen) atoms. The molecule has 0 fully saturated rings. The number of rotatable bonds is 10. The third-order valence-electron chi connectivity index (χ3n) is 5.98. The predicted molar refractivity (Wildman–Crippen MR) is 148 cm³/mol. The Bertz CT molecular complexity index is 1250. The van der Waals surface area contributed by atoms with E-state index in [0.717, 1.165) is 28.7 Å². The van der Waals surface area contributed by atoms with Crippen molar-refractivity contribution in [1.29, 1.82) is 0 Å². The van der Waals surface area contributed by atoms with Gasteiger partial charge in [-0.25, -0.2) is 13.4 Å². The van der Waals surface area contributed by atoms with Crippen LogP contribution < -0.4 is 4.90 Å². The fraction of sp³-hybridized carbons (Fsp3) is 0.440. The van der Waals surface area contributed by atoms with Crippen LogP contribution in [0.15, 0.2) is 41.3 Å². The first-order valence-electron chi connectivity index (χ1n) is 11.5. The third-order valence-corrected chi connectivity index (χ3v) is 9.09. The van der Waals surface area contributed by atoms with E-state index in [1.165, 1.54) is 33.3 Å². The van der Waals surface area contributed by atoms with Crippen molar-refractivity contribution < 1.29 is 13.2 Å². The molecule has 7 nitrogen and oxygen atoms in total. The molecule has 0 saturated carbocycles. The van der Waals surface area contributed by atoms with Crippen LogP contribution in [-0.4, -0.2) is 68.8 Å². The number of halogens is 1. The Labute approximate surface area is 219 Å². The van der Waals surface area contributed by atoms with Crippen molar-refractivity contribution in [1.82, 2.24) is 14.2 Å². The number of hydrogen-bond acceptors (Lipinski definition) is 6. The van der Waals surface area contributed by atoms with E-state index in [4.69, 9.17) is 4.98 Å². The number of aromatic nitrogens is 1. The van der Waals surface area contributed by atoms with Gasteiger partial charge in [-0.05, 0) is 82.4 Å². The zero-order valence-corrected chi connectivity index (χ0v) is 23.7. The number of benzene rings is 2. The number of aryl methyl sites for hydroxylation is 2. The second-order valence-electron chi connectivity index (χ2n) is 8.58. The quantitative estimate of drug-likeness (QED) is 0.364. The van der Waals surface area contributed by atoms with E-state index in [1.807, 2.05) is 34.0 Å². The molecule has 0 radical (unpaired) electrons. The monoisotopic (exact) mass is 538 g/mol. The summed E-state index contributed by atoms with van der Waals surface area (Å²) < 4.78 is 28.1. The molecule has 1 amide bonds. The average molecular weight is 539 g/mol. The molecule has 0 N–H and O–H groups in total. The van der Waals surface area contributed by atoms with Crippen molar-refractivity contribution in [3.05, 3.63) is 53.1 Å². The maximum absolute atomic E-state index is 13.6. The standard InChI is InChI=1S/C25H34N4O3S2.ClH/c1-7-28(8-2)34(31,32)21-13-11-20(12-14-21)24(30)29(17-9-16-27(5)6)25-26-23-19(4)18(3)10-15-22(23)33-25;/h10-15H,7-9,16-17H2,1-6H3;1H. The van der Waals surface area contributed by atoms with E-state index in [9.17, 15) is 13.2 Å². The molecule has 0 atom stereocenters. The molecular formula is C25H35ClN4O3S2. The lowest BCUT2D eigenvalue weighted by Crippen LogP contribution is -2.33. The Morgan fingerprint density at radius 3 is 2.17 bits per heavy atom. The molecule has 1 aromatic heterocycles. The molecular weight excluding hydrogens is 504 g/mol. The van der Waals surface area contributed by atoms with E-state index in [1.54, 1.807) is 17.0 Å². The number of fused-ring (bicyclic) bond motifs is 1. The third kappa shape index (κ3) is 6.40. The van der Waals surface area contributed by atoms with Crippen molar-refractivity contribution in [3.8, 4) is 0 Å². The maximum atomic E-state index is 13.6. The van der Waals surface area contributed by atoms with Gasteiger partial charge in [0.05, 0.1) is 15.1 Å². The Morgan fingerprint density at radius 2 is 1.60 bits per heavy atom. The minimum Gasteiger partial charge on any atom is -0.309 e. The largest absolute Gasteiger partial charge is 0.309 e. The molecule has 2 aromatic carbocycles. The van der Waals surface area contributed by atoms with E-state index in [0.29, 0.717) is 30.3 Å². The van der Waals surface area contributed by atoms with Gasteiger partial charge in [-0.3, -0.25) is 9.69 Å². The lowest BCUT2D eigenvalue weighted by molar-refractivity contribution is 0.0986. The first-order chi connectivity index (χ1) is 16.1. The zero-order chi connectivity index (χ0) is 25.0. The first-order valence-corrected chi connectivity index (χ1v) is 13.8. The van der Waals surface area contributed by atoms with Gasteiger partial charge in [-0.2, -0.15) is 4.31 Å². The van der Waals surface area contributed by atoms with Crippen molar-refractivity contribution >= 4 is 55.0 Å². The van der Waals surface area contributed by atoms with Gasteiger partial charge >= 0.3 is 0 Å². The van der Waals surface area contributed by atoms with E-state index < -0.39 is 10.0 Å². The molecule has 1 heterocycles. The van der Waals surface area contributed by atoms with Crippen LogP contribution in [0.1, 0.15) is 41.8 Å². The minimum absolute atomic E-state index is 0. The number of carbonyl (C=O) groups is 1. The zero-order valence-electron chi connectivity index (χ0n) is 21.2. The summed E-state index contributed by atoms with van der Waals surface area (Å²) in [6.45, 7) is 9.89. The van der Waals surface area contributed by atoms with E-state index in [-0.39, 0.29) is 23.2 Å². The van der Waals surface area contributed by atoms with Gasteiger partial charge in [0.25, 0.3) is 5.91 Å². The molecule has 0 saturated heterocycles. The van der Waals surface area contributed by atoms with Crippen LogP contribution in [-0.2, 0) is 10.0 Å². The number of carbonyl (C=O) groups excluding carboxylic acids is 1. The Hall–Kier alpha value is -2.04. The Kier molecular flexibility index (Phi) is 10.2. The summed E-state index contributed by atoms with van der Waals surface area (Å²) in [6.07, 6.45) is 0.793. The van der Waals surface area contributed by atoms with Gasteiger partial charge in [-0.1, -0.05) is 31.3 Å². The van der Waals surface area contributed by atoms with Crippen LogP contribution >= 0.6 is 23.7 Å². The minimum atomic E-state index is -3.57. The second kappa shape index (κ2) is 12.3. The number of sulfonamides is 1. The van der Waals surface area contributed by atoms with Gasteiger partial charge in [0.2, 0.25) is 10.0 Å². The Morgan fingerprint density at radius 1 is 0.971 bits per heavy atom. The molecule has 0 aliphatic heterocycles. The number of thiazole rings is 1. The number of amides is 1. The summed E-state index contributed by atoms with van der Waals surface area (Å²) in [5.74, 6) is -0.182. The summed E-state index contributed by atoms with van der Waals surface area (Å²) >= 11 is 1.51. The fourth-order valence-corrected chi connectivity index (χ4v) is 6.30. The van der Waals surface area contributed by atoms with Crippen molar-refractivity contribution in [2.45, 2.75) is 39.0 Å². The van der Waals surface area contributed by atoms with Gasteiger partial charge in [-0.15, -0.1) is 12.4 Å². The second-order valence-corrected chi connectivity index (χ2v) is 11.5. The highest BCUT2D eigenvalue weighted by molar-refractivity contribution is 7.89. The molecule has 192 valence electrons. The summed E-state index contributed by atoms with van der Waals surface area (Å²) in [7, 11) is 0.437. The van der Waals surface area contributed by atoms with Crippen molar-refractivity contribution in [2.75, 3.05) is 45.2 Å². The molecule has 0 unspecified atom stereocenters. The van der Waals surface area contributed by atoms with Crippen molar-refractivity contribution in [3.63, 3.8) is 0 Å². The van der Waals surface area contributed by atoms with Crippen LogP contribution in [0.5, 0.6) is 0 Å². The highest BCUT2D eigenvalue weighted by Gasteiger charge is 2.24. The number of anilines is 1. The maximum Gasteiger partial charge on any atom is 0.260 e. The molecule has 3 aromatic rings. The SMILES string of the molecule is CCN(CC)S(=O)(=O)c1ccc(C(=O)N(CCCN(C)C)c2nc3c(C)c(C)ccc3s2)cc1.Cl. The lowest BCUT2D eigenvalue weighted by Gasteiger charge is -2.22. The number of nitrogens with zero attached hydrogens (tertiary/aromatic N) is 4. The van der Waals surface area contributed by atoms with Gasteiger partial charge in [0.1, 0.15) is 0 Å². The molecule has 0 aliphatic rings. The van der Waals surface area contributed by atoms with Crippen LogP contribution in [0.4, 0.5) is 5.13 Å². The predicted octanol–water partition coefficient (Wildman–Crippen LogP) is 4.96. The molecule has 0 bridgehead atoms. The topological polar surface area (TPSA) is 73.8 Å².